The molecule has 0 saturated heterocycles. The lowest BCUT2D eigenvalue weighted by atomic mass is 10.2. The molecule has 0 aliphatic rings. The van der Waals surface area contributed by atoms with E-state index in [0.29, 0.717) is 4.47 Å². The number of halogens is 2. The number of carbonyl (C=O) groups is 1. The van der Waals surface area contributed by atoms with Crippen LogP contribution in [0.2, 0.25) is 0 Å². The highest BCUT2D eigenvalue weighted by Crippen LogP contribution is 2.24. The molecule has 0 unspecified atom stereocenters. The van der Waals surface area contributed by atoms with E-state index in [1.807, 2.05) is 0 Å². The van der Waals surface area contributed by atoms with Crippen molar-refractivity contribution in [1.82, 2.24) is 4.98 Å². The number of nitrogens with zero attached hydrogens (tertiary/aromatic N) is 1. The number of hydrogen-bond donors (Lipinski definition) is 1. The molecular weight excluding hydrogens is 303 g/mol. The number of rotatable bonds is 3. The van der Waals surface area contributed by atoms with Gasteiger partial charge in [0, 0.05) is 23.9 Å². The first-order chi connectivity index (χ1) is 8.56. The van der Waals surface area contributed by atoms with Gasteiger partial charge in [0.05, 0.1) is 4.47 Å². The summed E-state index contributed by atoms with van der Waals surface area (Å²) in [5.74, 6) is -0.569. The van der Waals surface area contributed by atoms with E-state index < -0.39 is 11.7 Å². The second-order valence-corrected chi connectivity index (χ2v) is 4.28. The molecule has 1 heterocycles. The molecule has 92 valence electrons. The average molecular weight is 311 g/mol. The highest BCUT2D eigenvalue weighted by atomic mass is 79.9. The minimum absolute atomic E-state index is 0.174. The van der Waals surface area contributed by atoms with Crippen LogP contribution in [0.3, 0.4) is 0 Å². The van der Waals surface area contributed by atoms with Gasteiger partial charge in [-0.2, -0.15) is 0 Å². The maximum atomic E-state index is 13.3. The average Bonchev–Trinajstić information content (AvgIpc) is 2.34. The van der Waals surface area contributed by atoms with Crippen LogP contribution in [0.1, 0.15) is 10.4 Å². The summed E-state index contributed by atoms with van der Waals surface area (Å²) < 4.78 is 18.9. The number of amides is 1. The summed E-state index contributed by atoms with van der Waals surface area (Å²) in [5.41, 5.74) is 5.41. The molecular formula is C12H8BrFN2O2. The molecule has 1 amide bonds. The van der Waals surface area contributed by atoms with E-state index in [4.69, 9.17) is 10.5 Å². The first kappa shape index (κ1) is 12.5. The summed E-state index contributed by atoms with van der Waals surface area (Å²) in [4.78, 5) is 14.9. The smallest absolute Gasteiger partial charge is 0.248 e. The Labute approximate surface area is 111 Å². The lowest BCUT2D eigenvalue weighted by Gasteiger charge is -2.06. The molecule has 4 nitrogen and oxygen atoms in total. The fourth-order valence-electron chi connectivity index (χ4n) is 1.28. The van der Waals surface area contributed by atoms with E-state index in [1.165, 1.54) is 30.5 Å². The zero-order valence-electron chi connectivity index (χ0n) is 9.06. The van der Waals surface area contributed by atoms with Gasteiger partial charge in [-0.15, -0.1) is 0 Å². The van der Waals surface area contributed by atoms with Gasteiger partial charge < -0.3 is 10.5 Å². The number of hydrogen-bond acceptors (Lipinski definition) is 3. The van der Waals surface area contributed by atoms with E-state index in [2.05, 4.69) is 20.9 Å². The molecule has 0 spiro atoms. The van der Waals surface area contributed by atoms with Gasteiger partial charge in [-0.05, 0) is 34.1 Å². The molecule has 0 bridgehead atoms. The highest BCUT2D eigenvalue weighted by molar-refractivity contribution is 9.10. The summed E-state index contributed by atoms with van der Waals surface area (Å²) in [6.45, 7) is 0. The molecule has 2 aromatic rings. The summed E-state index contributed by atoms with van der Waals surface area (Å²) in [5, 5.41) is 0. The summed E-state index contributed by atoms with van der Waals surface area (Å²) in [6, 6.07) is 7.16. The van der Waals surface area contributed by atoms with Gasteiger partial charge in [-0.25, -0.2) is 9.37 Å². The largest absolute Gasteiger partial charge is 0.439 e. The molecule has 18 heavy (non-hydrogen) atoms. The first-order valence-electron chi connectivity index (χ1n) is 4.95. The van der Waals surface area contributed by atoms with Gasteiger partial charge in [-0.1, -0.05) is 0 Å². The number of pyridine rings is 1. The minimum atomic E-state index is -0.579. The van der Waals surface area contributed by atoms with Crippen molar-refractivity contribution in [3.63, 3.8) is 0 Å². The molecule has 6 heteroatoms. The van der Waals surface area contributed by atoms with Crippen LogP contribution in [0.4, 0.5) is 4.39 Å². The van der Waals surface area contributed by atoms with Crippen LogP contribution >= 0.6 is 15.9 Å². The monoisotopic (exact) mass is 310 g/mol. The topological polar surface area (TPSA) is 65.2 Å². The fourth-order valence-corrected chi connectivity index (χ4v) is 1.53. The lowest BCUT2D eigenvalue weighted by Crippen LogP contribution is -2.10. The van der Waals surface area contributed by atoms with Crippen LogP contribution < -0.4 is 10.5 Å². The Morgan fingerprint density at radius 3 is 2.78 bits per heavy atom. The van der Waals surface area contributed by atoms with Crippen LogP contribution in [0.5, 0.6) is 11.6 Å². The summed E-state index contributed by atoms with van der Waals surface area (Å²) in [6.07, 6.45) is 1.39. The quantitative estimate of drug-likeness (QED) is 0.948. The van der Waals surface area contributed by atoms with E-state index >= 15 is 0 Å². The third-order valence-corrected chi connectivity index (χ3v) is 2.78. The van der Waals surface area contributed by atoms with Gasteiger partial charge >= 0.3 is 0 Å². The molecule has 1 aromatic carbocycles. The number of benzene rings is 1. The van der Waals surface area contributed by atoms with E-state index in [1.54, 1.807) is 6.07 Å². The maximum absolute atomic E-state index is 13.3. The van der Waals surface area contributed by atoms with Crippen molar-refractivity contribution in [1.29, 1.82) is 0 Å². The summed E-state index contributed by atoms with van der Waals surface area (Å²) >= 11 is 3.04. The van der Waals surface area contributed by atoms with Crippen molar-refractivity contribution in [3.05, 3.63) is 52.4 Å². The zero-order valence-corrected chi connectivity index (χ0v) is 10.6. The standard InChI is InChI=1S/C12H8BrFN2O2/c13-9-2-1-8(6-10(9)14)18-11-5-7(12(15)17)3-4-16-11/h1-6H,(H2,15,17). The van der Waals surface area contributed by atoms with Crippen LogP contribution in [0, 0.1) is 5.82 Å². The summed E-state index contributed by atoms with van der Waals surface area (Å²) in [7, 11) is 0. The fraction of sp³-hybridized carbons (Fsp3) is 0. The Bertz CT molecular complexity index is 604. The zero-order chi connectivity index (χ0) is 13.1. The van der Waals surface area contributed by atoms with Gasteiger partial charge in [-0.3, -0.25) is 4.79 Å². The normalized spacial score (nSPS) is 10.1. The second-order valence-electron chi connectivity index (χ2n) is 3.42. The van der Waals surface area contributed by atoms with Gasteiger partial charge in [0.15, 0.2) is 0 Å². The van der Waals surface area contributed by atoms with E-state index in [-0.39, 0.29) is 17.2 Å². The molecule has 2 N–H and O–H groups in total. The Morgan fingerprint density at radius 2 is 2.11 bits per heavy atom. The van der Waals surface area contributed by atoms with Gasteiger partial charge in [0.1, 0.15) is 11.6 Å². The maximum Gasteiger partial charge on any atom is 0.248 e. The molecule has 2 rings (SSSR count). The molecule has 0 saturated carbocycles. The van der Waals surface area contributed by atoms with Crippen molar-refractivity contribution < 1.29 is 13.9 Å². The lowest BCUT2D eigenvalue weighted by molar-refractivity contribution is 0.1000. The molecule has 0 radical (unpaired) electrons. The Kier molecular flexibility index (Phi) is 3.57. The molecule has 0 fully saturated rings. The highest BCUT2D eigenvalue weighted by Gasteiger charge is 2.06. The van der Waals surface area contributed by atoms with Crippen LogP contribution in [-0.4, -0.2) is 10.9 Å². The third kappa shape index (κ3) is 2.84. The number of aromatic nitrogens is 1. The van der Waals surface area contributed by atoms with Crippen LogP contribution in [0.15, 0.2) is 41.0 Å². The van der Waals surface area contributed by atoms with Gasteiger partial charge in [0.25, 0.3) is 0 Å². The van der Waals surface area contributed by atoms with Crippen molar-refractivity contribution in [3.8, 4) is 11.6 Å². The number of nitrogens with two attached hydrogens (primary N) is 1. The Balaban J connectivity index is 2.25. The Hall–Kier alpha value is -1.95. The van der Waals surface area contributed by atoms with E-state index in [0.717, 1.165) is 0 Å². The predicted molar refractivity (Wildman–Crippen MR) is 66.9 cm³/mol. The number of primary amides is 1. The number of carbonyl (C=O) groups excluding carboxylic acids is 1. The first-order valence-corrected chi connectivity index (χ1v) is 5.74. The van der Waals surface area contributed by atoms with Crippen molar-refractivity contribution >= 4 is 21.8 Å². The van der Waals surface area contributed by atoms with Crippen molar-refractivity contribution in [2.24, 2.45) is 5.73 Å². The number of ether oxygens (including phenoxy) is 1. The van der Waals surface area contributed by atoms with Crippen LogP contribution in [0.25, 0.3) is 0 Å². The Morgan fingerprint density at radius 1 is 1.33 bits per heavy atom. The van der Waals surface area contributed by atoms with Crippen LogP contribution in [-0.2, 0) is 0 Å². The molecule has 0 aliphatic carbocycles. The van der Waals surface area contributed by atoms with Crippen molar-refractivity contribution in [2.45, 2.75) is 0 Å². The predicted octanol–water partition coefficient (Wildman–Crippen LogP) is 2.87. The SMILES string of the molecule is NC(=O)c1ccnc(Oc2ccc(Br)c(F)c2)c1. The third-order valence-electron chi connectivity index (χ3n) is 2.13. The molecule has 0 aliphatic heterocycles. The second kappa shape index (κ2) is 5.14. The molecule has 0 atom stereocenters. The minimum Gasteiger partial charge on any atom is -0.439 e. The van der Waals surface area contributed by atoms with Crippen molar-refractivity contribution in [2.75, 3.05) is 0 Å². The van der Waals surface area contributed by atoms with Gasteiger partial charge in [0.2, 0.25) is 11.8 Å². The molecule has 1 aromatic heterocycles. The van der Waals surface area contributed by atoms with E-state index in [9.17, 15) is 9.18 Å².